The van der Waals surface area contributed by atoms with Crippen LogP contribution < -0.4 is 14.8 Å². The maximum Gasteiger partial charge on any atom is 0.210 e. The fourth-order valence-corrected chi connectivity index (χ4v) is 12.3. The molecule has 0 spiro atoms. The molecule has 2 aromatic rings. The molecule has 142 valence electrons. The Bertz CT molecular complexity index is 765. The van der Waals surface area contributed by atoms with E-state index in [9.17, 15) is 8.42 Å². The van der Waals surface area contributed by atoms with Gasteiger partial charge in [0.25, 0.3) is 0 Å². The van der Waals surface area contributed by atoms with E-state index in [1.54, 1.807) is 0 Å². The Kier molecular flexibility index (Phi) is 6.72. The second kappa shape index (κ2) is 8.25. The Balaban J connectivity index is 2.69. The second-order valence-electron chi connectivity index (χ2n) is 7.88. The predicted molar refractivity (Wildman–Crippen MR) is 114 cm³/mol. The molecule has 0 bridgehead atoms. The van der Waals surface area contributed by atoms with Crippen LogP contribution in [0.5, 0.6) is 0 Å². The van der Waals surface area contributed by atoms with Crippen molar-refractivity contribution in [1.82, 2.24) is 4.39 Å². The fraction of sp³-hybridized carbons (Fsp3) is 0.400. The molecule has 0 aliphatic heterocycles. The minimum absolute atomic E-state index is 0.0288. The van der Waals surface area contributed by atoms with Gasteiger partial charge in [0.05, 0.1) is 5.75 Å². The van der Waals surface area contributed by atoms with E-state index in [4.69, 9.17) is 11.6 Å². The zero-order valence-corrected chi connectivity index (χ0v) is 18.4. The summed E-state index contributed by atoms with van der Waals surface area (Å²) in [6.07, 6.45) is 0. The van der Waals surface area contributed by atoms with E-state index in [0.717, 1.165) is 10.4 Å². The quantitative estimate of drug-likeness (QED) is 0.563. The number of rotatable bonds is 7. The summed E-state index contributed by atoms with van der Waals surface area (Å²) in [6, 6.07) is 20.0. The monoisotopic (exact) mass is 409 g/mol. The first-order valence-corrected chi connectivity index (χ1v) is 13.0. The first-order valence-electron chi connectivity index (χ1n) is 8.81. The van der Waals surface area contributed by atoms with E-state index in [1.165, 1.54) is 0 Å². The van der Waals surface area contributed by atoms with Crippen LogP contribution in [0.2, 0.25) is 5.04 Å². The van der Waals surface area contributed by atoms with Gasteiger partial charge in [0.2, 0.25) is 18.3 Å². The van der Waals surface area contributed by atoms with Crippen molar-refractivity contribution >= 4 is 40.2 Å². The predicted octanol–water partition coefficient (Wildman–Crippen LogP) is 3.34. The average molecular weight is 410 g/mol. The Morgan fingerprint density at radius 3 is 1.73 bits per heavy atom. The van der Waals surface area contributed by atoms with Gasteiger partial charge in [0.15, 0.2) is 0 Å². The Morgan fingerprint density at radius 1 is 0.962 bits per heavy atom. The zero-order chi connectivity index (χ0) is 19.4. The molecule has 26 heavy (non-hydrogen) atoms. The van der Waals surface area contributed by atoms with Crippen LogP contribution in [0.25, 0.3) is 0 Å². The number of nitrogens with one attached hydrogen (secondary N) is 1. The van der Waals surface area contributed by atoms with Crippen LogP contribution >= 0.6 is 11.6 Å². The van der Waals surface area contributed by atoms with Crippen LogP contribution in [0.15, 0.2) is 60.7 Å². The summed E-state index contributed by atoms with van der Waals surface area (Å²) in [5.41, 5.74) is 0. The van der Waals surface area contributed by atoms with Crippen molar-refractivity contribution in [1.29, 1.82) is 0 Å². The van der Waals surface area contributed by atoms with Gasteiger partial charge in [-0.15, -0.1) is 11.6 Å². The molecule has 3 nitrogen and oxygen atoms in total. The lowest BCUT2D eigenvalue weighted by Gasteiger charge is -2.43. The summed E-state index contributed by atoms with van der Waals surface area (Å²) in [4.78, 5) is 0. The molecule has 2 aromatic carbocycles. The van der Waals surface area contributed by atoms with E-state index in [2.05, 4.69) is 25.2 Å². The molecule has 1 N–H and O–H groups in total. The lowest BCUT2D eigenvalue weighted by atomic mass is 10.2. The molecule has 0 aliphatic rings. The molecule has 0 saturated heterocycles. The van der Waals surface area contributed by atoms with Gasteiger partial charge in [0.1, 0.15) is 0 Å². The fourth-order valence-electron chi connectivity index (χ4n) is 3.37. The van der Waals surface area contributed by atoms with Crippen LogP contribution in [0, 0.1) is 5.92 Å². The van der Waals surface area contributed by atoms with Crippen molar-refractivity contribution < 1.29 is 8.42 Å². The molecule has 0 heterocycles. The smallest absolute Gasteiger partial charge is 0.210 e. The van der Waals surface area contributed by atoms with Crippen molar-refractivity contribution in [2.45, 2.75) is 32.7 Å². The molecule has 6 heteroatoms. The number of hydrogen-bond donors (Lipinski definition) is 1. The number of hydrogen-bond acceptors (Lipinski definition) is 2. The molecular formula is C20H28ClNO2SSi. The van der Waals surface area contributed by atoms with Crippen LogP contribution in [-0.2, 0) is 10.0 Å². The maximum atomic E-state index is 13.1. The van der Waals surface area contributed by atoms with E-state index in [0.29, 0.717) is 5.88 Å². The summed E-state index contributed by atoms with van der Waals surface area (Å²) < 4.78 is 29.3. The molecule has 1 unspecified atom stereocenters. The van der Waals surface area contributed by atoms with E-state index < -0.39 is 18.3 Å². The van der Waals surface area contributed by atoms with E-state index >= 15 is 0 Å². The lowest BCUT2D eigenvalue weighted by Crippen LogP contribution is -2.75. The first-order chi connectivity index (χ1) is 12.1. The molecule has 0 saturated carbocycles. The second-order valence-corrected chi connectivity index (χ2v) is 14.7. The highest BCUT2D eigenvalue weighted by molar-refractivity contribution is 7.91. The first kappa shape index (κ1) is 21.2. The number of halogens is 1. The van der Waals surface area contributed by atoms with E-state index in [1.807, 2.05) is 67.6 Å². The summed E-state index contributed by atoms with van der Waals surface area (Å²) in [7, 11) is -6.35. The normalized spacial score (nSPS) is 14.2. The highest BCUT2D eigenvalue weighted by Crippen LogP contribution is 2.34. The van der Waals surface area contributed by atoms with Gasteiger partial charge in [0, 0.05) is 5.88 Å². The van der Waals surface area contributed by atoms with Crippen LogP contribution in [0.4, 0.5) is 0 Å². The highest BCUT2D eigenvalue weighted by atomic mass is 35.5. The van der Waals surface area contributed by atoms with Crippen LogP contribution in [0.3, 0.4) is 0 Å². The molecule has 0 fully saturated rings. The van der Waals surface area contributed by atoms with Crippen molar-refractivity contribution in [3.8, 4) is 0 Å². The largest absolute Gasteiger partial charge is 0.227 e. The minimum atomic E-state index is -3.50. The van der Waals surface area contributed by atoms with Gasteiger partial charge >= 0.3 is 0 Å². The molecule has 0 aromatic heterocycles. The van der Waals surface area contributed by atoms with E-state index in [-0.39, 0.29) is 16.7 Å². The average Bonchev–Trinajstić information content (AvgIpc) is 2.59. The van der Waals surface area contributed by atoms with Gasteiger partial charge in [-0.2, -0.15) is 0 Å². The zero-order valence-electron chi connectivity index (χ0n) is 15.9. The summed E-state index contributed by atoms with van der Waals surface area (Å²) in [5, 5.41) is 1.84. The topological polar surface area (TPSA) is 46.2 Å². The highest BCUT2D eigenvalue weighted by Gasteiger charge is 2.50. The number of benzene rings is 2. The standard InChI is InChI=1S/C20H28ClNO2SSi/c1-17(15-21)16-25(23,24)22-26(20(2,3)4,18-11-7-5-8-12-18)19-13-9-6-10-14-19/h5-14,17,22H,15-16H2,1-4H3. The lowest BCUT2D eigenvalue weighted by molar-refractivity contribution is 0.577. The van der Waals surface area contributed by atoms with Crippen molar-refractivity contribution in [3.05, 3.63) is 60.7 Å². The number of sulfonamides is 1. The third-order valence-electron chi connectivity index (χ3n) is 4.61. The summed E-state index contributed by atoms with van der Waals surface area (Å²) in [5.74, 6) is 0.246. The Labute approximate surface area is 163 Å². The Morgan fingerprint density at radius 2 is 1.38 bits per heavy atom. The van der Waals surface area contributed by atoms with Crippen molar-refractivity contribution in [2.24, 2.45) is 5.92 Å². The Hall–Kier alpha value is -1.14. The van der Waals surface area contributed by atoms with Gasteiger partial charge in [-0.25, -0.2) is 12.8 Å². The molecule has 1 atom stereocenters. The molecule has 0 radical (unpaired) electrons. The van der Waals surface area contributed by atoms with Crippen molar-refractivity contribution in [2.75, 3.05) is 11.6 Å². The SMILES string of the molecule is CC(CCl)CS(=O)(=O)N[Si](c1ccccc1)(c1ccccc1)C(C)(C)C. The third-order valence-corrected chi connectivity index (χ3v) is 13.3. The molecule has 0 amide bonds. The molecule has 2 rings (SSSR count). The summed E-state index contributed by atoms with van der Waals surface area (Å²) >= 11 is 5.87. The maximum absolute atomic E-state index is 13.1. The van der Waals surface area contributed by atoms with Crippen LogP contribution in [-0.4, -0.2) is 28.3 Å². The van der Waals surface area contributed by atoms with Gasteiger partial charge in [-0.1, -0.05) is 88.4 Å². The van der Waals surface area contributed by atoms with Crippen LogP contribution in [0.1, 0.15) is 27.7 Å². The molecule has 0 aliphatic carbocycles. The third kappa shape index (κ3) is 4.57. The molecular weight excluding hydrogens is 382 g/mol. The van der Waals surface area contributed by atoms with Gasteiger partial charge in [-0.05, 0) is 21.3 Å². The van der Waals surface area contributed by atoms with Gasteiger partial charge < -0.3 is 0 Å². The minimum Gasteiger partial charge on any atom is -0.227 e. The summed E-state index contributed by atoms with van der Waals surface area (Å²) in [6.45, 7) is 8.21. The van der Waals surface area contributed by atoms with Gasteiger partial charge in [-0.3, -0.25) is 0 Å². The van der Waals surface area contributed by atoms with Crippen molar-refractivity contribution in [3.63, 3.8) is 0 Å². The number of alkyl halides is 1.